The Kier molecular flexibility index (Phi) is 12.6. The van der Waals surface area contributed by atoms with E-state index in [9.17, 15) is 0 Å². The van der Waals surface area contributed by atoms with Crippen molar-refractivity contribution < 1.29 is 0 Å². The summed E-state index contributed by atoms with van der Waals surface area (Å²) in [6.07, 6.45) is 0. The second kappa shape index (κ2) is 21.0. The first-order valence-electron chi connectivity index (χ1n) is 35.7. The third kappa shape index (κ3) is 8.05. The van der Waals surface area contributed by atoms with Crippen LogP contribution in [0.5, 0.6) is 0 Å². The molecule has 0 saturated carbocycles. The van der Waals surface area contributed by atoms with Crippen LogP contribution in [0.15, 0.2) is 261 Å². The molecule has 0 amide bonds. The fourth-order valence-electron chi connectivity index (χ4n) is 19.9. The van der Waals surface area contributed by atoms with Gasteiger partial charge in [-0.05, 0) is 219 Å². The molecule has 2 spiro atoms. The topological polar surface area (TPSA) is 9.72 Å². The van der Waals surface area contributed by atoms with Crippen LogP contribution >= 0.6 is 0 Å². The molecule has 3 nitrogen and oxygen atoms in total. The first-order valence-corrected chi connectivity index (χ1v) is 35.7. The molecular formula is C94H79B2N3. The van der Waals surface area contributed by atoms with Crippen LogP contribution in [0.4, 0.5) is 51.2 Å². The van der Waals surface area contributed by atoms with Crippen molar-refractivity contribution in [3.63, 3.8) is 0 Å². The molecule has 4 aliphatic heterocycles. The van der Waals surface area contributed by atoms with Crippen molar-refractivity contribution in [3.8, 4) is 22.3 Å². The zero-order valence-corrected chi connectivity index (χ0v) is 58.8. The van der Waals surface area contributed by atoms with Crippen molar-refractivity contribution in [2.45, 2.75) is 105 Å². The van der Waals surface area contributed by atoms with Crippen LogP contribution < -0.4 is 47.5 Å². The van der Waals surface area contributed by atoms with E-state index < -0.39 is 10.8 Å². The van der Waals surface area contributed by atoms with Crippen LogP contribution in [0.3, 0.4) is 0 Å². The minimum Gasteiger partial charge on any atom is -0.313 e. The van der Waals surface area contributed by atoms with Gasteiger partial charge in [-0.3, -0.25) is 0 Å². The number of anilines is 9. The summed E-state index contributed by atoms with van der Waals surface area (Å²) in [7, 11) is 0. The molecule has 2 aliphatic carbocycles. The lowest BCUT2D eigenvalue weighted by atomic mass is 9.29. The Morgan fingerprint density at radius 3 is 0.990 bits per heavy atom. The molecule has 0 N–H and O–H groups in total. The van der Waals surface area contributed by atoms with Gasteiger partial charge in [0.1, 0.15) is 0 Å². The maximum Gasteiger partial charge on any atom is 0.247 e. The highest BCUT2D eigenvalue weighted by atomic mass is 15.2. The SMILES string of the molecule is Cc1cc(C)c(B2c3cc(C(C)(C)C)ccc3N3c4ccc(C(C)(C)C)cc4B(c4c(C)cc(C)cc4C)c4cc(N5c6ccccc6C6(c7ccccc7-c7cc8c(cc76)C6(c7ccccc7-8)c7ccccc7N(c7ccccc7)c7ccccc76)c6ccccc65)cc2c43)c(C)c1. The molecule has 0 atom stereocenters. The fraction of sp³-hybridized carbons (Fsp3) is 0.170. The lowest BCUT2D eigenvalue weighted by Crippen LogP contribution is -2.66. The molecule has 0 unspecified atom stereocenters. The Balaban J connectivity index is 0.913. The first kappa shape index (κ1) is 59.6. The van der Waals surface area contributed by atoms with E-state index in [1.165, 1.54) is 184 Å². The number of para-hydroxylation sites is 5. The highest BCUT2D eigenvalue weighted by Gasteiger charge is 2.57. The van der Waals surface area contributed by atoms with Gasteiger partial charge in [-0.1, -0.05) is 280 Å². The van der Waals surface area contributed by atoms with Gasteiger partial charge in [0.25, 0.3) is 0 Å². The van der Waals surface area contributed by atoms with E-state index in [1.807, 2.05) is 0 Å². The van der Waals surface area contributed by atoms with Crippen molar-refractivity contribution in [2.24, 2.45) is 0 Å². The van der Waals surface area contributed by atoms with Crippen molar-refractivity contribution in [1.29, 1.82) is 0 Å². The molecule has 6 aliphatic rings. The number of hydrogen-bond acceptors (Lipinski definition) is 3. The number of fused-ring (bicyclic) bond motifs is 22. The normalized spacial score (nSPS) is 14.9. The minimum atomic E-state index is -0.731. The number of hydrogen-bond donors (Lipinski definition) is 0. The van der Waals surface area contributed by atoms with Crippen LogP contribution in [-0.4, -0.2) is 13.4 Å². The summed E-state index contributed by atoms with van der Waals surface area (Å²) in [5.74, 6) is 0. The molecule has 0 bridgehead atoms. The van der Waals surface area contributed by atoms with E-state index in [-0.39, 0.29) is 24.3 Å². The average molecular weight is 1270 g/mol. The molecule has 99 heavy (non-hydrogen) atoms. The summed E-state index contributed by atoms with van der Waals surface area (Å²) >= 11 is 0. The maximum atomic E-state index is 2.71. The van der Waals surface area contributed by atoms with Crippen LogP contribution in [0.2, 0.25) is 0 Å². The van der Waals surface area contributed by atoms with Gasteiger partial charge < -0.3 is 14.7 Å². The molecule has 0 aromatic heterocycles. The van der Waals surface area contributed by atoms with E-state index in [0.29, 0.717) is 0 Å². The molecule has 13 aromatic rings. The largest absolute Gasteiger partial charge is 0.313 e. The molecule has 13 aromatic carbocycles. The molecule has 476 valence electrons. The highest BCUT2D eigenvalue weighted by Crippen LogP contribution is 2.69. The van der Waals surface area contributed by atoms with Crippen LogP contribution in [0.25, 0.3) is 22.3 Å². The van der Waals surface area contributed by atoms with Gasteiger partial charge in [0.05, 0.1) is 33.6 Å². The van der Waals surface area contributed by atoms with Crippen molar-refractivity contribution >= 4 is 97.4 Å². The monoisotopic (exact) mass is 1270 g/mol. The van der Waals surface area contributed by atoms with E-state index in [0.717, 1.165) is 11.4 Å². The van der Waals surface area contributed by atoms with Gasteiger partial charge in [0.2, 0.25) is 13.4 Å². The highest BCUT2D eigenvalue weighted by molar-refractivity contribution is 7.02. The Morgan fingerprint density at radius 1 is 0.263 bits per heavy atom. The summed E-state index contributed by atoms with van der Waals surface area (Å²) in [6.45, 7) is 28.0. The predicted octanol–water partition coefficient (Wildman–Crippen LogP) is 19.6. The summed E-state index contributed by atoms with van der Waals surface area (Å²) < 4.78 is 0. The number of benzene rings is 13. The van der Waals surface area contributed by atoms with Gasteiger partial charge in [-0.2, -0.15) is 0 Å². The van der Waals surface area contributed by atoms with Crippen LogP contribution in [0, 0.1) is 41.5 Å². The second-order valence-electron chi connectivity index (χ2n) is 31.5. The molecule has 5 heteroatoms. The lowest BCUT2D eigenvalue weighted by Gasteiger charge is -2.48. The standard InChI is InChI=1S/C94H79B2N3/c1-56-46-58(3)88(59(4)47-56)95-78-50-62(91(7,8)9)42-44-86(78)99-87-45-43-63(92(10,11)12)51-79(87)96(89-60(5)48-57(2)49-61(89)6)81-53-65(52-80(95)90(81)99)98-84-40-26-22-36-74(84)94(75-37-23-27-41-85(75)98)71-33-19-17-31-67(71)69-54-68-66-30-16-18-32-70(66)93(76(68)55-77(69)94)72-34-20-24-38-82(72)97(64-28-14-13-15-29-64)83-39-25-21-35-73(83)93/h13-55H,1-12H3. The van der Waals surface area contributed by atoms with Gasteiger partial charge in [-0.15, -0.1) is 0 Å². The lowest BCUT2D eigenvalue weighted by molar-refractivity contribution is 0.590. The van der Waals surface area contributed by atoms with Gasteiger partial charge in [-0.25, -0.2) is 0 Å². The molecular weight excluding hydrogens is 1190 g/mol. The fourth-order valence-corrected chi connectivity index (χ4v) is 19.9. The number of aryl methyl sites for hydroxylation is 6. The van der Waals surface area contributed by atoms with E-state index in [4.69, 9.17) is 0 Å². The summed E-state index contributed by atoms with van der Waals surface area (Å²) in [4.78, 5) is 7.89. The summed E-state index contributed by atoms with van der Waals surface area (Å²) in [6, 6.07) is 103. The molecule has 0 radical (unpaired) electrons. The van der Waals surface area contributed by atoms with Crippen molar-refractivity contribution in [2.75, 3.05) is 14.7 Å². The minimum absolute atomic E-state index is 0.0901. The van der Waals surface area contributed by atoms with Gasteiger partial charge >= 0.3 is 0 Å². The quantitative estimate of drug-likeness (QED) is 0.163. The Bertz CT molecular complexity index is 5370. The zero-order valence-electron chi connectivity index (χ0n) is 58.8. The maximum absolute atomic E-state index is 2.71. The first-order chi connectivity index (χ1) is 47.9. The molecule has 0 fully saturated rings. The zero-order chi connectivity index (χ0) is 67.5. The van der Waals surface area contributed by atoms with Crippen molar-refractivity contribution in [1.82, 2.24) is 0 Å². The molecule has 0 saturated heterocycles. The number of nitrogens with zero attached hydrogens (tertiary/aromatic N) is 3. The van der Waals surface area contributed by atoms with Gasteiger partial charge in [0.15, 0.2) is 0 Å². The second-order valence-corrected chi connectivity index (χ2v) is 31.5. The average Bonchev–Trinajstić information content (AvgIpc) is 1.56. The Labute approximate surface area is 585 Å². The third-order valence-corrected chi connectivity index (χ3v) is 23.6. The van der Waals surface area contributed by atoms with Crippen LogP contribution in [0.1, 0.15) is 131 Å². The predicted molar refractivity (Wildman–Crippen MR) is 420 cm³/mol. The van der Waals surface area contributed by atoms with E-state index in [1.54, 1.807) is 0 Å². The summed E-state index contributed by atoms with van der Waals surface area (Å²) in [5.41, 5.74) is 43.6. The van der Waals surface area contributed by atoms with E-state index in [2.05, 4.69) is 359 Å². The summed E-state index contributed by atoms with van der Waals surface area (Å²) in [5, 5.41) is 0. The Hall–Kier alpha value is -10.6. The third-order valence-electron chi connectivity index (χ3n) is 23.6. The van der Waals surface area contributed by atoms with E-state index >= 15 is 0 Å². The van der Waals surface area contributed by atoms with Gasteiger partial charge in [0, 0.05) is 28.4 Å². The van der Waals surface area contributed by atoms with Crippen molar-refractivity contribution in [3.05, 3.63) is 350 Å². The number of rotatable bonds is 4. The molecule has 4 heterocycles. The molecule has 19 rings (SSSR count). The Morgan fingerprint density at radius 2 is 0.606 bits per heavy atom. The van der Waals surface area contributed by atoms with Crippen LogP contribution in [-0.2, 0) is 21.7 Å². The smallest absolute Gasteiger partial charge is 0.247 e.